The number of nitrogens with zero attached hydrogens (tertiary/aromatic N) is 1. The van der Waals surface area contributed by atoms with Crippen LogP contribution >= 0.6 is 0 Å². The third-order valence-electron chi connectivity index (χ3n) is 5.21. The van der Waals surface area contributed by atoms with E-state index in [4.69, 9.17) is 0 Å². The van der Waals surface area contributed by atoms with Crippen molar-refractivity contribution < 1.29 is 18.0 Å². The Labute approximate surface area is 154 Å². The molecular formula is C19H26N2O4S. The Bertz CT molecular complexity index is 796. The number of amides is 2. The van der Waals surface area contributed by atoms with Crippen LogP contribution in [0.4, 0.5) is 0 Å². The maximum absolute atomic E-state index is 12.7. The SMILES string of the molecule is CC(C)C(=O)N1CCC(C(=O)NC2CS(=O)(=O)Cc3ccccc32)CC1. The standard InChI is InChI=1S/C19H26N2O4S/c1-13(2)19(23)21-9-7-14(8-10-21)18(22)20-17-12-26(24,25)11-15-5-3-4-6-16(15)17/h3-6,13-14,17H,7-12H2,1-2H3,(H,20,22). The Kier molecular flexibility index (Phi) is 5.37. The minimum atomic E-state index is -3.22. The molecule has 2 aliphatic heterocycles. The normalized spacial score (nSPS) is 22.7. The van der Waals surface area contributed by atoms with Crippen LogP contribution in [0.2, 0.25) is 0 Å². The van der Waals surface area contributed by atoms with Crippen molar-refractivity contribution in [3.05, 3.63) is 35.4 Å². The van der Waals surface area contributed by atoms with Crippen LogP contribution in [0.15, 0.2) is 24.3 Å². The van der Waals surface area contributed by atoms with Gasteiger partial charge in [-0.3, -0.25) is 9.59 Å². The molecule has 0 bridgehead atoms. The van der Waals surface area contributed by atoms with Gasteiger partial charge in [-0.05, 0) is 24.0 Å². The zero-order valence-corrected chi connectivity index (χ0v) is 16.1. The number of carbonyl (C=O) groups excluding carboxylic acids is 2. The number of sulfone groups is 1. The van der Waals surface area contributed by atoms with Crippen LogP contribution in [0.3, 0.4) is 0 Å². The highest BCUT2D eigenvalue weighted by Gasteiger charge is 2.33. The first-order valence-electron chi connectivity index (χ1n) is 9.14. The predicted octanol–water partition coefficient (Wildman–Crippen LogP) is 1.67. The van der Waals surface area contributed by atoms with Crippen molar-refractivity contribution in [2.24, 2.45) is 11.8 Å². The van der Waals surface area contributed by atoms with Crippen molar-refractivity contribution in [1.82, 2.24) is 10.2 Å². The van der Waals surface area contributed by atoms with Crippen LogP contribution < -0.4 is 5.32 Å². The maximum atomic E-state index is 12.7. The summed E-state index contributed by atoms with van der Waals surface area (Å²) in [6.45, 7) is 4.91. The zero-order valence-electron chi connectivity index (χ0n) is 15.3. The van der Waals surface area contributed by atoms with Gasteiger partial charge in [-0.15, -0.1) is 0 Å². The average molecular weight is 378 g/mol. The summed E-state index contributed by atoms with van der Waals surface area (Å²) in [7, 11) is -3.22. The molecule has 7 heteroatoms. The van der Waals surface area contributed by atoms with Crippen molar-refractivity contribution in [1.29, 1.82) is 0 Å². The molecule has 1 aromatic rings. The van der Waals surface area contributed by atoms with Crippen molar-refractivity contribution in [2.75, 3.05) is 18.8 Å². The number of nitrogens with one attached hydrogen (secondary N) is 1. The molecule has 3 rings (SSSR count). The van der Waals surface area contributed by atoms with E-state index in [1.54, 1.807) is 6.07 Å². The lowest BCUT2D eigenvalue weighted by Gasteiger charge is -2.34. The highest BCUT2D eigenvalue weighted by atomic mass is 32.2. The first kappa shape index (κ1) is 18.9. The van der Waals surface area contributed by atoms with E-state index in [9.17, 15) is 18.0 Å². The fourth-order valence-electron chi connectivity index (χ4n) is 3.78. The quantitative estimate of drug-likeness (QED) is 0.867. The van der Waals surface area contributed by atoms with Gasteiger partial charge in [-0.1, -0.05) is 38.1 Å². The third-order valence-corrected chi connectivity index (χ3v) is 6.81. The smallest absolute Gasteiger partial charge is 0.225 e. The maximum Gasteiger partial charge on any atom is 0.225 e. The summed E-state index contributed by atoms with van der Waals surface area (Å²) in [5.41, 5.74) is 1.66. The Hall–Kier alpha value is -1.89. The summed E-state index contributed by atoms with van der Waals surface area (Å²) >= 11 is 0. The summed E-state index contributed by atoms with van der Waals surface area (Å²) in [6.07, 6.45) is 1.23. The molecule has 1 unspecified atom stereocenters. The van der Waals surface area contributed by atoms with E-state index in [-0.39, 0.29) is 35.2 Å². The molecule has 1 saturated heterocycles. The summed E-state index contributed by atoms with van der Waals surface area (Å²) in [5, 5.41) is 2.95. The Balaban J connectivity index is 1.65. The molecule has 142 valence electrons. The number of likely N-dealkylation sites (tertiary alicyclic amines) is 1. The molecule has 26 heavy (non-hydrogen) atoms. The van der Waals surface area contributed by atoms with Gasteiger partial charge in [0, 0.05) is 24.9 Å². The first-order chi connectivity index (χ1) is 12.3. The number of carbonyl (C=O) groups is 2. The van der Waals surface area contributed by atoms with E-state index < -0.39 is 15.9 Å². The fraction of sp³-hybridized carbons (Fsp3) is 0.579. The molecule has 1 aromatic carbocycles. The lowest BCUT2D eigenvalue weighted by atomic mass is 9.94. The molecule has 2 amide bonds. The second kappa shape index (κ2) is 7.39. The summed E-state index contributed by atoms with van der Waals surface area (Å²) in [4.78, 5) is 26.6. The number of piperidine rings is 1. The topological polar surface area (TPSA) is 83.6 Å². The van der Waals surface area contributed by atoms with Crippen molar-refractivity contribution in [3.8, 4) is 0 Å². The van der Waals surface area contributed by atoms with E-state index in [2.05, 4.69) is 5.32 Å². The highest BCUT2D eigenvalue weighted by Crippen LogP contribution is 2.29. The van der Waals surface area contributed by atoms with Gasteiger partial charge in [0.05, 0.1) is 17.5 Å². The summed E-state index contributed by atoms with van der Waals surface area (Å²) < 4.78 is 24.3. The Morgan fingerprint density at radius 3 is 2.46 bits per heavy atom. The van der Waals surface area contributed by atoms with Crippen LogP contribution in [0.25, 0.3) is 0 Å². The van der Waals surface area contributed by atoms with E-state index in [1.807, 2.05) is 36.9 Å². The molecule has 0 spiro atoms. The monoisotopic (exact) mass is 378 g/mol. The van der Waals surface area contributed by atoms with Gasteiger partial charge < -0.3 is 10.2 Å². The number of fused-ring (bicyclic) bond motifs is 1. The predicted molar refractivity (Wildman–Crippen MR) is 99.0 cm³/mol. The van der Waals surface area contributed by atoms with Gasteiger partial charge in [0.1, 0.15) is 0 Å². The molecule has 1 atom stereocenters. The van der Waals surface area contributed by atoms with Crippen molar-refractivity contribution in [3.63, 3.8) is 0 Å². The minimum Gasteiger partial charge on any atom is -0.348 e. The average Bonchev–Trinajstić information content (AvgIpc) is 2.60. The number of benzene rings is 1. The van der Waals surface area contributed by atoms with Crippen LogP contribution in [0.5, 0.6) is 0 Å². The van der Waals surface area contributed by atoms with Crippen molar-refractivity contribution in [2.45, 2.75) is 38.5 Å². The molecule has 0 saturated carbocycles. The molecule has 0 radical (unpaired) electrons. The van der Waals surface area contributed by atoms with Gasteiger partial charge in [0.2, 0.25) is 11.8 Å². The summed E-state index contributed by atoms with van der Waals surface area (Å²) in [6, 6.07) is 6.89. The second-order valence-electron chi connectivity index (χ2n) is 7.57. The zero-order chi connectivity index (χ0) is 18.9. The molecule has 2 aliphatic rings. The number of hydrogen-bond acceptors (Lipinski definition) is 4. The summed E-state index contributed by atoms with van der Waals surface area (Å²) in [5.74, 6) is -0.229. The van der Waals surface area contributed by atoms with Crippen LogP contribution in [0.1, 0.15) is 43.9 Å². The highest BCUT2D eigenvalue weighted by molar-refractivity contribution is 7.90. The largest absolute Gasteiger partial charge is 0.348 e. The Morgan fingerprint density at radius 1 is 1.15 bits per heavy atom. The molecule has 0 aromatic heterocycles. The lowest BCUT2D eigenvalue weighted by Crippen LogP contribution is -2.46. The fourth-order valence-corrected chi connectivity index (χ4v) is 5.41. The van der Waals surface area contributed by atoms with Crippen LogP contribution in [-0.2, 0) is 25.2 Å². The van der Waals surface area contributed by atoms with Gasteiger partial charge in [-0.2, -0.15) is 0 Å². The van der Waals surface area contributed by atoms with E-state index in [0.717, 1.165) is 11.1 Å². The minimum absolute atomic E-state index is 0.0330. The van der Waals surface area contributed by atoms with Gasteiger partial charge in [0.25, 0.3) is 0 Å². The van der Waals surface area contributed by atoms with Crippen LogP contribution in [-0.4, -0.2) is 44.0 Å². The van der Waals surface area contributed by atoms with Gasteiger partial charge >= 0.3 is 0 Å². The molecular weight excluding hydrogens is 352 g/mol. The van der Waals surface area contributed by atoms with Crippen molar-refractivity contribution >= 4 is 21.7 Å². The van der Waals surface area contributed by atoms with Crippen LogP contribution in [0, 0.1) is 11.8 Å². The number of hydrogen-bond donors (Lipinski definition) is 1. The van der Waals surface area contributed by atoms with E-state index in [0.29, 0.717) is 25.9 Å². The van der Waals surface area contributed by atoms with E-state index in [1.165, 1.54) is 0 Å². The molecule has 1 N–H and O–H groups in total. The molecule has 2 heterocycles. The van der Waals surface area contributed by atoms with Gasteiger partial charge in [0.15, 0.2) is 9.84 Å². The molecule has 0 aliphatic carbocycles. The third kappa shape index (κ3) is 4.09. The Morgan fingerprint density at radius 2 is 1.81 bits per heavy atom. The molecule has 6 nitrogen and oxygen atoms in total. The van der Waals surface area contributed by atoms with Gasteiger partial charge in [-0.25, -0.2) is 8.42 Å². The number of rotatable bonds is 3. The second-order valence-corrected chi connectivity index (χ2v) is 9.68. The lowest BCUT2D eigenvalue weighted by molar-refractivity contribution is -0.138. The molecule has 1 fully saturated rings. The van der Waals surface area contributed by atoms with E-state index >= 15 is 0 Å². The first-order valence-corrected chi connectivity index (χ1v) is 11.0.